The summed E-state index contributed by atoms with van der Waals surface area (Å²) in [6.07, 6.45) is -2.43. The topological polar surface area (TPSA) is 91.6 Å². The van der Waals surface area contributed by atoms with Gasteiger partial charge in [0, 0.05) is 0 Å². The van der Waals surface area contributed by atoms with Crippen LogP contribution < -0.4 is 4.74 Å². The van der Waals surface area contributed by atoms with Gasteiger partial charge in [-0.05, 0) is 16.8 Å². The first-order valence-corrected chi connectivity index (χ1v) is 5.10. The third-order valence-electron chi connectivity index (χ3n) is 2.14. The summed E-state index contributed by atoms with van der Waals surface area (Å²) in [5.74, 6) is -2.60. The first-order valence-electron chi connectivity index (χ1n) is 5.10. The third kappa shape index (κ3) is 2.92. The summed E-state index contributed by atoms with van der Waals surface area (Å²) in [6.45, 7) is 1.54. The fourth-order valence-electron chi connectivity index (χ4n) is 1.42. The van der Waals surface area contributed by atoms with E-state index in [1.54, 1.807) is 0 Å². The minimum absolute atomic E-state index is 0.0169. The summed E-state index contributed by atoms with van der Waals surface area (Å²) in [6, 6.07) is 0. The Hall–Kier alpha value is -2.32. The van der Waals surface area contributed by atoms with Gasteiger partial charge in [0.05, 0.1) is 13.7 Å². The second-order valence-electron chi connectivity index (χ2n) is 3.22. The van der Waals surface area contributed by atoms with E-state index in [0.717, 1.165) is 13.3 Å². The number of ether oxygens (including phenoxy) is 2. The number of methoxy groups -OCH3 is 1. The second-order valence-corrected chi connectivity index (χ2v) is 3.22. The number of nitrogens with zero attached hydrogens (tertiary/aromatic N) is 2. The zero-order valence-corrected chi connectivity index (χ0v) is 10.1. The van der Waals surface area contributed by atoms with Gasteiger partial charge in [0.1, 0.15) is 5.56 Å². The highest BCUT2D eigenvalue weighted by Crippen LogP contribution is 2.37. The molecule has 0 aliphatic rings. The van der Waals surface area contributed by atoms with Crippen LogP contribution in [-0.4, -0.2) is 29.6 Å². The van der Waals surface area contributed by atoms with Crippen LogP contribution >= 0.6 is 0 Å². The Balaban J connectivity index is 3.49. The Kier molecular flexibility index (Phi) is 4.67. The lowest BCUT2D eigenvalue weighted by atomic mass is 10.1. The molecule has 0 saturated heterocycles. The summed E-state index contributed by atoms with van der Waals surface area (Å²) in [4.78, 5) is 24.3. The lowest BCUT2D eigenvalue weighted by Gasteiger charge is -2.11. The average Bonchev–Trinajstić information content (AvgIpc) is 2.36. The van der Waals surface area contributed by atoms with Gasteiger partial charge in [-0.1, -0.05) is 0 Å². The van der Waals surface area contributed by atoms with Crippen molar-refractivity contribution in [3.63, 3.8) is 0 Å². The van der Waals surface area contributed by atoms with Crippen LogP contribution in [0.5, 0.6) is 5.75 Å². The van der Waals surface area contributed by atoms with Crippen LogP contribution in [0.1, 0.15) is 29.3 Å². The summed E-state index contributed by atoms with van der Waals surface area (Å²) >= 11 is 0. The molecule has 0 aliphatic carbocycles. The number of halogens is 2. The van der Waals surface area contributed by atoms with E-state index in [-0.39, 0.29) is 12.2 Å². The van der Waals surface area contributed by atoms with Crippen molar-refractivity contribution in [3.8, 4) is 5.75 Å². The summed E-state index contributed by atoms with van der Waals surface area (Å²) < 4.78 is 35.1. The van der Waals surface area contributed by atoms with Crippen LogP contribution in [0, 0.1) is 10.1 Å². The van der Waals surface area contributed by atoms with Crippen molar-refractivity contribution in [2.75, 3.05) is 13.7 Å². The molecule has 0 atom stereocenters. The van der Waals surface area contributed by atoms with E-state index < -0.39 is 34.4 Å². The van der Waals surface area contributed by atoms with Crippen molar-refractivity contribution in [2.24, 2.45) is 0 Å². The normalized spacial score (nSPS) is 10.4. The zero-order valence-electron chi connectivity index (χ0n) is 10.1. The van der Waals surface area contributed by atoms with Crippen LogP contribution in [0.3, 0.4) is 0 Å². The predicted molar refractivity (Wildman–Crippen MR) is 58.4 cm³/mol. The van der Waals surface area contributed by atoms with Crippen molar-refractivity contribution >= 4 is 11.8 Å². The number of aromatic nitrogens is 1. The van der Waals surface area contributed by atoms with Crippen molar-refractivity contribution in [3.05, 3.63) is 27.4 Å². The van der Waals surface area contributed by atoms with E-state index in [2.05, 4.69) is 14.5 Å². The highest BCUT2D eigenvalue weighted by molar-refractivity contribution is 5.93. The smallest absolute Gasteiger partial charge is 0.376 e. The first kappa shape index (κ1) is 14.7. The zero-order chi connectivity index (χ0) is 14.6. The molecule has 0 aliphatic heterocycles. The Morgan fingerprint density at radius 2 is 2.21 bits per heavy atom. The number of carbonyl (C=O) groups is 1. The third-order valence-corrected chi connectivity index (χ3v) is 2.14. The van der Waals surface area contributed by atoms with Crippen LogP contribution in [-0.2, 0) is 4.74 Å². The summed E-state index contributed by atoms with van der Waals surface area (Å²) in [7, 11) is 1.02. The molecule has 0 radical (unpaired) electrons. The van der Waals surface area contributed by atoms with Gasteiger partial charge in [-0.2, -0.15) is 0 Å². The van der Waals surface area contributed by atoms with E-state index >= 15 is 0 Å². The van der Waals surface area contributed by atoms with E-state index in [9.17, 15) is 23.7 Å². The van der Waals surface area contributed by atoms with Gasteiger partial charge in [-0.3, -0.25) is 0 Å². The number of pyridine rings is 1. The lowest BCUT2D eigenvalue weighted by molar-refractivity contribution is -0.391. The van der Waals surface area contributed by atoms with Crippen LogP contribution in [0.15, 0.2) is 6.20 Å². The van der Waals surface area contributed by atoms with Gasteiger partial charge in [0.25, 0.3) is 6.43 Å². The minimum Gasteiger partial charge on any atom is -0.495 e. The molecular formula is C10H10F2N2O5. The SMILES string of the molecule is CCOC(=O)c1cnc([N+](=O)[O-])c(C(F)F)c1OC. The molecule has 0 unspecified atom stereocenters. The molecule has 0 aromatic carbocycles. The molecule has 9 heteroatoms. The molecule has 1 aromatic rings. The molecular weight excluding hydrogens is 266 g/mol. The number of carbonyl (C=O) groups excluding carboxylic acids is 1. The molecule has 104 valence electrons. The average molecular weight is 276 g/mol. The van der Waals surface area contributed by atoms with Crippen LogP contribution in [0.2, 0.25) is 0 Å². The van der Waals surface area contributed by atoms with Crippen LogP contribution in [0.25, 0.3) is 0 Å². The number of hydrogen-bond donors (Lipinski definition) is 0. The van der Waals surface area contributed by atoms with Gasteiger partial charge >= 0.3 is 11.8 Å². The van der Waals surface area contributed by atoms with Gasteiger partial charge in [0.2, 0.25) is 0 Å². The Morgan fingerprint density at radius 3 is 2.63 bits per heavy atom. The monoisotopic (exact) mass is 276 g/mol. The predicted octanol–water partition coefficient (Wildman–Crippen LogP) is 2.11. The molecule has 0 bridgehead atoms. The highest BCUT2D eigenvalue weighted by atomic mass is 19.3. The Morgan fingerprint density at radius 1 is 1.58 bits per heavy atom. The van der Waals surface area contributed by atoms with Gasteiger partial charge < -0.3 is 19.6 Å². The van der Waals surface area contributed by atoms with E-state index in [1.165, 1.54) is 6.92 Å². The highest BCUT2D eigenvalue weighted by Gasteiger charge is 2.33. The summed E-state index contributed by atoms with van der Waals surface area (Å²) in [5, 5.41) is 10.6. The molecule has 7 nitrogen and oxygen atoms in total. The first-order chi connectivity index (χ1) is 8.93. The van der Waals surface area contributed by atoms with E-state index in [0.29, 0.717) is 0 Å². The minimum atomic E-state index is -3.21. The van der Waals surface area contributed by atoms with E-state index in [4.69, 9.17) is 0 Å². The number of hydrogen-bond acceptors (Lipinski definition) is 6. The molecule has 0 amide bonds. The van der Waals surface area contributed by atoms with Gasteiger partial charge in [0.15, 0.2) is 17.5 Å². The van der Waals surface area contributed by atoms with Crippen molar-refractivity contribution in [2.45, 2.75) is 13.3 Å². The molecule has 1 heterocycles. The number of nitro groups is 1. The number of alkyl halides is 2. The Bertz CT molecular complexity index is 507. The molecule has 1 rings (SSSR count). The summed E-state index contributed by atoms with van der Waals surface area (Å²) in [5.41, 5.74) is -1.43. The maximum atomic E-state index is 12.9. The standard InChI is InChI=1S/C10H10F2N2O5/c1-3-19-10(15)5-4-13-9(14(16)17)6(8(11)12)7(5)18-2/h4,8H,3H2,1-2H3. The molecule has 0 saturated carbocycles. The fourth-order valence-corrected chi connectivity index (χ4v) is 1.42. The molecule has 0 spiro atoms. The maximum Gasteiger partial charge on any atom is 0.376 e. The van der Waals surface area contributed by atoms with Crippen LogP contribution in [0.4, 0.5) is 14.6 Å². The molecule has 19 heavy (non-hydrogen) atoms. The lowest BCUT2D eigenvalue weighted by Crippen LogP contribution is -2.11. The van der Waals surface area contributed by atoms with E-state index in [1.807, 2.05) is 0 Å². The number of esters is 1. The van der Waals surface area contributed by atoms with Gasteiger partial charge in [-0.25, -0.2) is 13.6 Å². The second kappa shape index (κ2) is 6.03. The molecule has 0 N–H and O–H groups in total. The largest absolute Gasteiger partial charge is 0.495 e. The van der Waals surface area contributed by atoms with Crippen molar-refractivity contribution < 1.29 is 28.0 Å². The maximum absolute atomic E-state index is 12.9. The van der Waals surface area contributed by atoms with Crippen molar-refractivity contribution in [1.29, 1.82) is 0 Å². The van der Waals surface area contributed by atoms with Gasteiger partial charge in [-0.15, -0.1) is 0 Å². The number of rotatable bonds is 5. The fraction of sp³-hybridized carbons (Fsp3) is 0.400. The quantitative estimate of drug-likeness (QED) is 0.464. The molecule has 1 aromatic heterocycles. The molecule has 0 fully saturated rings. The Labute approximate surface area is 106 Å². The van der Waals surface area contributed by atoms with Crippen molar-refractivity contribution in [1.82, 2.24) is 4.98 Å².